The van der Waals surface area contributed by atoms with Crippen LogP contribution in [0, 0.1) is 0 Å². The van der Waals surface area contributed by atoms with Crippen LogP contribution in [0.4, 0.5) is 0 Å². The van der Waals surface area contributed by atoms with Gasteiger partial charge in [0, 0.05) is 6.42 Å². The second-order valence-electron chi connectivity index (χ2n) is 1.41. The molecule has 0 saturated carbocycles. The second-order valence-corrected chi connectivity index (χ2v) is 2.50. The van der Waals surface area contributed by atoms with Gasteiger partial charge in [0.05, 0.1) is 5.94 Å². The Morgan fingerprint density at radius 1 is 2.00 bits per heavy atom. The predicted molar refractivity (Wildman–Crippen MR) is 32.1 cm³/mol. The number of hydrogen-bond acceptors (Lipinski definition) is 2. The van der Waals surface area contributed by atoms with Crippen LogP contribution in [0.25, 0.3) is 0 Å². The van der Waals surface area contributed by atoms with Gasteiger partial charge in [-0.1, -0.05) is 6.08 Å². The van der Waals surface area contributed by atoms with Crippen LogP contribution in [0.3, 0.4) is 0 Å². The van der Waals surface area contributed by atoms with Crippen molar-refractivity contribution in [2.75, 3.05) is 5.94 Å². The first-order valence-electron chi connectivity index (χ1n) is 2.27. The van der Waals surface area contributed by atoms with Crippen LogP contribution in [0.15, 0.2) is 12.7 Å². The minimum absolute atomic E-state index is 0.428. The Balaban J connectivity index is 2.03. The van der Waals surface area contributed by atoms with Crippen molar-refractivity contribution < 1.29 is 4.74 Å². The van der Waals surface area contributed by atoms with Crippen molar-refractivity contribution in [1.29, 1.82) is 0 Å². The zero-order valence-electron chi connectivity index (χ0n) is 4.09. The van der Waals surface area contributed by atoms with Crippen LogP contribution in [-0.4, -0.2) is 11.4 Å². The molecule has 0 spiro atoms. The zero-order chi connectivity index (χ0) is 5.11. The lowest BCUT2D eigenvalue weighted by Gasteiger charge is -2.23. The quantitative estimate of drug-likeness (QED) is 0.507. The fraction of sp³-hybridized carbons (Fsp3) is 0.600. The lowest BCUT2D eigenvalue weighted by Crippen LogP contribution is -2.17. The highest BCUT2D eigenvalue weighted by molar-refractivity contribution is 8.00. The van der Waals surface area contributed by atoms with Crippen molar-refractivity contribution >= 4 is 11.8 Å². The van der Waals surface area contributed by atoms with Gasteiger partial charge in [-0.05, 0) is 0 Å². The summed E-state index contributed by atoms with van der Waals surface area (Å²) in [7, 11) is 0. The van der Waals surface area contributed by atoms with Crippen molar-refractivity contribution in [3.8, 4) is 0 Å². The van der Waals surface area contributed by atoms with Gasteiger partial charge in [0.1, 0.15) is 5.44 Å². The molecule has 0 bridgehead atoms. The lowest BCUT2D eigenvalue weighted by atomic mass is 10.4. The molecule has 0 aromatic heterocycles. The summed E-state index contributed by atoms with van der Waals surface area (Å²) in [5.74, 6) is 0.874. The fourth-order valence-electron chi connectivity index (χ4n) is 0.436. The molecule has 0 N–H and O–H groups in total. The van der Waals surface area contributed by atoms with Crippen LogP contribution in [0.5, 0.6) is 0 Å². The molecule has 1 atom stereocenters. The SMILES string of the molecule is C=CCC1OCS1. The van der Waals surface area contributed by atoms with E-state index in [-0.39, 0.29) is 0 Å². The van der Waals surface area contributed by atoms with Gasteiger partial charge in [-0.2, -0.15) is 0 Å². The Labute approximate surface area is 47.7 Å². The average Bonchev–Trinajstić information content (AvgIpc) is 1.55. The smallest absolute Gasteiger partial charge is 0.109 e. The van der Waals surface area contributed by atoms with E-state index < -0.39 is 0 Å². The molecule has 1 aliphatic heterocycles. The van der Waals surface area contributed by atoms with E-state index in [1.54, 1.807) is 0 Å². The zero-order valence-corrected chi connectivity index (χ0v) is 4.91. The number of hydrogen-bond donors (Lipinski definition) is 0. The monoisotopic (exact) mass is 116 g/mol. The van der Waals surface area contributed by atoms with Gasteiger partial charge in [0.25, 0.3) is 0 Å². The molecule has 0 aromatic carbocycles. The van der Waals surface area contributed by atoms with Gasteiger partial charge in [-0.15, -0.1) is 18.3 Å². The summed E-state index contributed by atoms with van der Waals surface area (Å²) in [5, 5.41) is 0. The summed E-state index contributed by atoms with van der Waals surface area (Å²) in [5.41, 5.74) is 0.428. The molecule has 0 aliphatic carbocycles. The van der Waals surface area contributed by atoms with Crippen molar-refractivity contribution in [3.63, 3.8) is 0 Å². The first-order valence-corrected chi connectivity index (χ1v) is 3.32. The molecule has 1 heterocycles. The highest BCUT2D eigenvalue weighted by Crippen LogP contribution is 2.26. The normalized spacial score (nSPS) is 28.9. The maximum absolute atomic E-state index is 5.06. The lowest BCUT2D eigenvalue weighted by molar-refractivity contribution is 0.125. The highest BCUT2D eigenvalue weighted by Gasteiger charge is 2.15. The van der Waals surface area contributed by atoms with E-state index in [0.29, 0.717) is 5.44 Å². The topological polar surface area (TPSA) is 9.23 Å². The predicted octanol–water partition coefficient (Wildman–Crippen LogP) is 1.61. The molecule has 0 aromatic rings. The van der Waals surface area contributed by atoms with Crippen molar-refractivity contribution in [3.05, 3.63) is 12.7 Å². The van der Waals surface area contributed by atoms with E-state index in [4.69, 9.17) is 4.74 Å². The fourth-order valence-corrected chi connectivity index (χ4v) is 1.04. The first kappa shape index (κ1) is 5.19. The molecule has 1 aliphatic rings. The molecule has 0 amide bonds. The van der Waals surface area contributed by atoms with Crippen LogP contribution < -0.4 is 0 Å². The van der Waals surface area contributed by atoms with Crippen LogP contribution in [0.2, 0.25) is 0 Å². The minimum Gasteiger partial charge on any atom is -0.356 e. The number of ether oxygens (including phenoxy) is 1. The summed E-state index contributed by atoms with van der Waals surface area (Å²) < 4.78 is 5.06. The van der Waals surface area contributed by atoms with E-state index in [1.165, 1.54) is 0 Å². The summed E-state index contributed by atoms with van der Waals surface area (Å²) in [6, 6.07) is 0. The van der Waals surface area contributed by atoms with Crippen LogP contribution in [0.1, 0.15) is 6.42 Å². The van der Waals surface area contributed by atoms with Crippen LogP contribution in [-0.2, 0) is 4.74 Å². The van der Waals surface area contributed by atoms with Gasteiger partial charge >= 0.3 is 0 Å². The molecule has 7 heavy (non-hydrogen) atoms. The van der Waals surface area contributed by atoms with Crippen molar-refractivity contribution in [1.82, 2.24) is 0 Å². The summed E-state index contributed by atoms with van der Waals surface area (Å²) in [6.45, 7) is 3.59. The van der Waals surface area contributed by atoms with Crippen molar-refractivity contribution in [2.45, 2.75) is 11.9 Å². The van der Waals surface area contributed by atoms with E-state index in [1.807, 2.05) is 17.8 Å². The summed E-state index contributed by atoms with van der Waals surface area (Å²) >= 11 is 1.84. The van der Waals surface area contributed by atoms with E-state index in [9.17, 15) is 0 Å². The Morgan fingerprint density at radius 2 is 2.71 bits per heavy atom. The van der Waals surface area contributed by atoms with Gasteiger partial charge < -0.3 is 4.74 Å². The summed E-state index contributed by atoms with van der Waals surface area (Å²) in [6.07, 6.45) is 2.88. The third kappa shape index (κ3) is 1.21. The Morgan fingerprint density at radius 3 is 2.86 bits per heavy atom. The van der Waals surface area contributed by atoms with E-state index in [0.717, 1.165) is 12.4 Å². The number of thioether (sulfide) groups is 1. The van der Waals surface area contributed by atoms with Crippen LogP contribution >= 0.6 is 11.8 Å². The molecule has 2 heteroatoms. The third-order valence-electron chi connectivity index (χ3n) is 0.867. The average molecular weight is 116 g/mol. The van der Waals surface area contributed by atoms with Gasteiger partial charge in [-0.3, -0.25) is 0 Å². The molecule has 1 unspecified atom stereocenters. The standard InChI is InChI=1S/C5H8OS/c1-2-3-5-6-4-7-5/h2,5H,1,3-4H2. The first-order chi connectivity index (χ1) is 3.43. The maximum Gasteiger partial charge on any atom is 0.109 e. The molecular weight excluding hydrogens is 108 g/mol. The Hall–Kier alpha value is 0.0500. The van der Waals surface area contributed by atoms with Crippen molar-refractivity contribution in [2.24, 2.45) is 0 Å². The second kappa shape index (κ2) is 2.38. The Kier molecular flexibility index (Phi) is 1.77. The van der Waals surface area contributed by atoms with Gasteiger partial charge in [-0.25, -0.2) is 0 Å². The van der Waals surface area contributed by atoms with Gasteiger partial charge in [0.2, 0.25) is 0 Å². The molecule has 1 saturated heterocycles. The largest absolute Gasteiger partial charge is 0.356 e. The molecule has 0 radical (unpaired) electrons. The molecule has 40 valence electrons. The number of rotatable bonds is 2. The van der Waals surface area contributed by atoms with E-state index >= 15 is 0 Å². The van der Waals surface area contributed by atoms with Gasteiger partial charge in [0.15, 0.2) is 0 Å². The minimum atomic E-state index is 0.428. The summed E-state index contributed by atoms with van der Waals surface area (Å²) in [4.78, 5) is 0. The molecular formula is C5H8OS. The Bertz CT molecular complexity index is 68.5. The molecule has 1 nitrogen and oxygen atoms in total. The van der Waals surface area contributed by atoms with E-state index in [2.05, 4.69) is 6.58 Å². The highest BCUT2D eigenvalue weighted by atomic mass is 32.2. The molecule has 1 rings (SSSR count). The third-order valence-corrected chi connectivity index (χ3v) is 1.84. The molecule has 1 fully saturated rings. The maximum atomic E-state index is 5.06.